The van der Waals surface area contributed by atoms with Crippen LogP contribution in [-0.2, 0) is 0 Å². The Morgan fingerprint density at radius 3 is 2.57 bits per heavy atom. The van der Waals surface area contributed by atoms with Crippen LogP contribution >= 0.6 is 0 Å². The Morgan fingerprint density at radius 1 is 0.957 bits per heavy atom. The van der Waals surface area contributed by atoms with Crippen molar-refractivity contribution in [1.29, 1.82) is 0 Å². The highest BCUT2D eigenvalue weighted by atomic mass is 16.4. The molecule has 2 aromatic carbocycles. The zero-order chi connectivity index (χ0) is 16.2. The number of aliphatic hydroxyl groups excluding tert-OH is 3. The third kappa shape index (κ3) is 3.53. The van der Waals surface area contributed by atoms with Gasteiger partial charge in [-0.3, -0.25) is 0 Å². The largest absolute Gasteiger partial charge is 0.458 e. The lowest BCUT2D eigenvalue weighted by molar-refractivity contribution is 0.0956. The van der Waals surface area contributed by atoms with Crippen molar-refractivity contribution in [3.8, 4) is 0 Å². The fraction of sp³-hybridized carbons (Fsp3) is 0.222. The van der Waals surface area contributed by atoms with E-state index < -0.39 is 12.2 Å². The Hall–Kier alpha value is -2.34. The molecule has 0 saturated heterocycles. The minimum absolute atomic E-state index is 0.276. The fourth-order valence-electron chi connectivity index (χ4n) is 2.44. The highest BCUT2D eigenvalue weighted by Gasteiger charge is 2.13. The summed E-state index contributed by atoms with van der Waals surface area (Å²) in [6.07, 6.45) is -1.69. The van der Waals surface area contributed by atoms with Crippen molar-refractivity contribution in [3.63, 3.8) is 0 Å². The number of fused-ring (bicyclic) bond motifs is 1. The number of benzene rings is 2. The molecule has 1 aromatic heterocycles. The average molecular weight is 313 g/mol. The van der Waals surface area contributed by atoms with Crippen LogP contribution in [0.4, 0.5) is 5.69 Å². The Bertz CT molecular complexity index is 750. The molecule has 1 heterocycles. The van der Waals surface area contributed by atoms with Gasteiger partial charge in [0.05, 0.1) is 6.61 Å². The number of hydrogen-bond donors (Lipinski definition) is 4. The molecule has 0 radical (unpaired) electrons. The third-order valence-electron chi connectivity index (χ3n) is 3.72. The monoisotopic (exact) mass is 313 g/mol. The van der Waals surface area contributed by atoms with Gasteiger partial charge in [-0.1, -0.05) is 30.3 Å². The lowest BCUT2D eigenvalue weighted by Crippen LogP contribution is -2.12. The van der Waals surface area contributed by atoms with Crippen molar-refractivity contribution in [2.24, 2.45) is 0 Å². The second-order valence-electron chi connectivity index (χ2n) is 5.41. The van der Waals surface area contributed by atoms with E-state index in [9.17, 15) is 10.2 Å². The zero-order valence-corrected chi connectivity index (χ0v) is 12.5. The van der Waals surface area contributed by atoms with Crippen molar-refractivity contribution < 1.29 is 19.7 Å². The summed E-state index contributed by atoms with van der Waals surface area (Å²) in [5, 5.41) is 33.0. The van der Waals surface area contributed by atoms with Gasteiger partial charge in [-0.25, -0.2) is 0 Å². The quantitative estimate of drug-likeness (QED) is 0.562. The lowest BCUT2D eigenvalue weighted by Gasteiger charge is -2.13. The molecule has 120 valence electrons. The van der Waals surface area contributed by atoms with Crippen LogP contribution in [0.15, 0.2) is 59.0 Å². The molecule has 4 N–H and O–H groups in total. The van der Waals surface area contributed by atoms with Gasteiger partial charge in [0.25, 0.3) is 0 Å². The van der Waals surface area contributed by atoms with Crippen LogP contribution in [0.25, 0.3) is 11.0 Å². The van der Waals surface area contributed by atoms with E-state index in [2.05, 4.69) is 5.32 Å². The van der Waals surface area contributed by atoms with Gasteiger partial charge in [0, 0.05) is 17.6 Å². The minimum Gasteiger partial charge on any atom is -0.458 e. The maximum Gasteiger partial charge on any atom is 0.135 e. The van der Waals surface area contributed by atoms with E-state index in [1.54, 1.807) is 18.2 Å². The molecule has 5 nitrogen and oxygen atoms in total. The summed E-state index contributed by atoms with van der Waals surface area (Å²) in [6.45, 7) is -0.0520. The number of furan rings is 1. The van der Waals surface area contributed by atoms with Gasteiger partial charge in [-0.2, -0.15) is 0 Å². The highest BCUT2D eigenvalue weighted by molar-refractivity contribution is 5.77. The van der Waals surface area contributed by atoms with E-state index in [1.807, 2.05) is 36.4 Å². The van der Waals surface area contributed by atoms with Gasteiger partial charge in [0.15, 0.2) is 0 Å². The topological polar surface area (TPSA) is 85.9 Å². The SMILES string of the molecule is OCC(O)c1cccc(NCC(O)c2cc3ccccc3o2)c1. The predicted molar refractivity (Wildman–Crippen MR) is 88.2 cm³/mol. The van der Waals surface area contributed by atoms with E-state index in [1.165, 1.54) is 0 Å². The van der Waals surface area contributed by atoms with Gasteiger partial charge in [0.1, 0.15) is 23.6 Å². The molecule has 0 amide bonds. The average Bonchev–Trinajstić information content (AvgIpc) is 3.03. The molecule has 3 rings (SSSR count). The van der Waals surface area contributed by atoms with E-state index >= 15 is 0 Å². The smallest absolute Gasteiger partial charge is 0.135 e. The maximum atomic E-state index is 10.3. The van der Waals surface area contributed by atoms with Crippen LogP contribution in [0.5, 0.6) is 0 Å². The molecule has 0 aliphatic rings. The Morgan fingerprint density at radius 2 is 1.78 bits per heavy atom. The van der Waals surface area contributed by atoms with Crippen LogP contribution in [0.1, 0.15) is 23.5 Å². The summed E-state index contributed by atoms with van der Waals surface area (Å²) in [6, 6.07) is 16.5. The Kier molecular flexibility index (Phi) is 4.62. The zero-order valence-electron chi connectivity index (χ0n) is 12.5. The first kappa shape index (κ1) is 15.6. The van der Waals surface area contributed by atoms with Gasteiger partial charge in [-0.05, 0) is 29.8 Å². The van der Waals surface area contributed by atoms with Crippen molar-refractivity contribution in [1.82, 2.24) is 0 Å². The summed E-state index contributed by atoms with van der Waals surface area (Å²) < 4.78 is 5.63. The number of anilines is 1. The molecule has 2 unspecified atom stereocenters. The van der Waals surface area contributed by atoms with Crippen molar-refractivity contribution >= 4 is 16.7 Å². The first-order valence-electron chi connectivity index (χ1n) is 7.46. The molecule has 2 atom stereocenters. The molecule has 0 spiro atoms. The van der Waals surface area contributed by atoms with E-state index in [4.69, 9.17) is 9.52 Å². The van der Waals surface area contributed by atoms with Crippen molar-refractivity contribution in [2.75, 3.05) is 18.5 Å². The van der Waals surface area contributed by atoms with Gasteiger partial charge >= 0.3 is 0 Å². The minimum atomic E-state index is -0.906. The second kappa shape index (κ2) is 6.83. The molecule has 0 fully saturated rings. The summed E-state index contributed by atoms with van der Waals surface area (Å²) in [5.74, 6) is 0.505. The van der Waals surface area contributed by atoms with Crippen LogP contribution in [0, 0.1) is 0 Å². The van der Waals surface area contributed by atoms with Crippen LogP contribution in [0.2, 0.25) is 0 Å². The summed E-state index contributed by atoms with van der Waals surface area (Å²) in [7, 11) is 0. The normalized spacial score (nSPS) is 13.9. The van der Waals surface area contributed by atoms with E-state index in [-0.39, 0.29) is 13.2 Å². The molecule has 23 heavy (non-hydrogen) atoms. The molecular formula is C18H19NO4. The molecule has 0 bridgehead atoms. The molecule has 0 aliphatic heterocycles. The standard InChI is InChI=1S/C18H19NO4/c20-11-16(22)12-5-3-6-14(8-12)19-10-15(21)18-9-13-4-1-2-7-17(13)23-18/h1-9,15-16,19-22H,10-11H2. The van der Waals surface area contributed by atoms with Crippen LogP contribution in [-0.4, -0.2) is 28.5 Å². The first-order valence-corrected chi connectivity index (χ1v) is 7.46. The number of para-hydroxylation sites is 1. The summed E-state index contributed by atoms with van der Waals surface area (Å²) >= 11 is 0. The third-order valence-corrected chi connectivity index (χ3v) is 3.72. The molecule has 5 heteroatoms. The van der Waals surface area contributed by atoms with Crippen LogP contribution in [0.3, 0.4) is 0 Å². The van der Waals surface area contributed by atoms with Gasteiger partial charge in [-0.15, -0.1) is 0 Å². The lowest BCUT2D eigenvalue weighted by atomic mass is 10.1. The number of rotatable bonds is 6. The van der Waals surface area contributed by atoms with Gasteiger partial charge < -0.3 is 25.1 Å². The molecular weight excluding hydrogens is 294 g/mol. The highest BCUT2D eigenvalue weighted by Crippen LogP contribution is 2.24. The van der Waals surface area contributed by atoms with Crippen molar-refractivity contribution in [3.05, 3.63) is 65.9 Å². The maximum absolute atomic E-state index is 10.3. The van der Waals surface area contributed by atoms with E-state index in [0.717, 1.165) is 16.7 Å². The second-order valence-corrected chi connectivity index (χ2v) is 5.41. The Balaban J connectivity index is 1.67. The number of hydrogen-bond acceptors (Lipinski definition) is 5. The summed E-state index contributed by atoms with van der Waals surface area (Å²) in [5.41, 5.74) is 2.12. The molecule has 3 aromatic rings. The first-order chi connectivity index (χ1) is 11.2. The van der Waals surface area contributed by atoms with E-state index in [0.29, 0.717) is 11.3 Å². The van der Waals surface area contributed by atoms with Crippen molar-refractivity contribution in [2.45, 2.75) is 12.2 Å². The van der Waals surface area contributed by atoms with Gasteiger partial charge in [0.2, 0.25) is 0 Å². The summed E-state index contributed by atoms with van der Waals surface area (Å²) in [4.78, 5) is 0. The molecule has 0 aliphatic carbocycles. The molecule has 0 saturated carbocycles. The van der Waals surface area contributed by atoms with Crippen LogP contribution < -0.4 is 5.32 Å². The fourth-order valence-corrected chi connectivity index (χ4v) is 2.44. The Labute approximate surface area is 133 Å². The number of nitrogens with one attached hydrogen (secondary N) is 1. The number of aliphatic hydroxyl groups is 3. The predicted octanol–water partition coefficient (Wildman–Crippen LogP) is 2.60.